The van der Waals surface area contributed by atoms with Crippen LogP contribution in [0.1, 0.15) is 32.1 Å². The molecule has 122 valence electrons. The van der Waals surface area contributed by atoms with Crippen molar-refractivity contribution in [3.63, 3.8) is 0 Å². The molecule has 1 aromatic carbocycles. The summed E-state index contributed by atoms with van der Waals surface area (Å²) in [5.74, 6) is 0.538. The standard InChI is InChI=1S/C18H23N3O2/c22-17(20-10-4-1-5-11-20)14-8-12-21(13-9-14)18-19-15-6-2-3-7-16(15)23-18/h2-3,6-7,14H,1,4-5,8-13H2. The number of oxazole rings is 1. The van der Waals surface area contributed by atoms with E-state index in [4.69, 9.17) is 4.42 Å². The quantitative estimate of drug-likeness (QED) is 0.855. The predicted molar refractivity (Wildman–Crippen MR) is 89.4 cm³/mol. The fourth-order valence-corrected chi connectivity index (χ4v) is 3.69. The molecular formula is C18H23N3O2. The first-order valence-electron chi connectivity index (χ1n) is 8.70. The van der Waals surface area contributed by atoms with Gasteiger partial charge in [-0.1, -0.05) is 12.1 Å². The molecule has 2 fully saturated rings. The van der Waals surface area contributed by atoms with E-state index in [1.165, 1.54) is 6.42 Å². The fraction of sp³-hybridized carbons (Fsp3) is 0.556. The van der Waals surface area contributed by atoms with Gasteiger partial charge in [-0.25, -0.2) is 0 Å². The van der Waals surface area contributed by atoms with E-state index in [1.54, 1.807) is 0 Å². The van der Waals surface area contributed by atoms with Gasteiger partial charge in [0, 0.05) is 32.1 Å². The zero-order valence-corrected chi connectivity index (χ0v) is 13.4. The zero-order valence-electron chi connectivity index (χ0n) is 13.4. The highest BCUT2D eigenvalue weighted by Crippen LogP contribution is 2.27. The molecule has 0 N–H and O–H groups in total. The van der Waals surface area contributed by atoms with Crippen molar-refractivity contribution in [3.8, 4) is 0 Å². The first-order valence-corrected chi connectivity index (χ1v) is 8.70. The van der Waals surface area contributed by atoms with E-state index in [0.29, 0.717) is 11.9 Å². The number of fused-ring (bicyclic) bond motifs is 1. The lowest BCUT2D eigenvalue weighted by Gasteiger charge is -2.35. The molecule has 0 atom stereocenters. The van der Waals surface area contributed by atoms with Gasteiger partial charge in [-0.05, 0) is 44.2 Å². The van der Waals surface area contributed by atoms with E-state index in [9.17, 15) is 4.79 Å². The van der Waals surface area contributed by atoms with Crippen LogP contribution < -0.4 is 4.90 Å². The monoisotopic (exact) mass is 313 g/mol. The molecule has 2 aliphatic heterocycles. The van der Waals surface area contributed by atoms with Crippen LogP contribution in [0.5, 0.6) is 0 Å². The number of carbonyl (C=O) groups is 1. The summed E-state index contributed by atoms with van der Waals surface area (Å²) in [6, 6.07) is 8.53. The Balaban J connectivity index is 1.39. The highest BCUT2D eigenvalue weighted by Gasteiger charge is 2.30. The summed E-state index contributed by atoms with van der Waals surface area (Å²) in [7, 11) is 0. The van der Waals surface area contributed by atoms with Crippen LogP contribution in [-0.2, 0) is 4.79 Å². The maximum atomic E-state index is 12.6. The molecule has 1 amide bonds. The van der Waals surface area contributed by atoms with Crippen LogP contribution in [0, 0.1) is 5.92 Å². The Bertz CT molecular complexity index is 649. The summed E-state index contributed by atoms with van der Waals surface area (Å²) in [4.78, 5) is 21.4. The molecule has 2 aliphatic rings. The number of piperidine rings is 2. The molecule has 0 aliphatic carbocycles. The van der Waals surface area contributed by atoms with Gasteiger partial charge in [0.25, 0.3) is 6.01 Å². The molecule has 0 radical (unpaired) electrons. The van der Waals surface area contributed by atoms with Crippen molar-refractivity contribution in [1.82, 2.24) is 9.88 Å². The Morgan fingerprint density at radius 2 is 1.78 bits per heavy atom. The normalized spacial score (nSPS) is 20.2. The Hall–Kier alpha value is -2.04. The third-order valence-electron chi connectivity index (χ3n) is 5.07. The molecule has 3 heterocycles. The topological polar surface area (TPSA) is 49.6 Å². The van der Waals surface area contributed by atoms with Gasteiger partial charge in [0.1, 0.15) is 5.52 Å². The lowest BCUT2D eigenvalue weighted by atomic mass is 9.94. The van der Waals surface area contributed by atoms with Crippen LogP contribution in [0.2, 0.25) is 0 Å². The summed E-state index contributed by atoms with van der Waals surface area (Å²) >= 11 is 0. The minimum Gasteiger partial charge on any atom is -0.423 e. The van der Waals surface area contributed by atoms with Gasteiger partial charge in [0.2, 0.25) is 5.91 Å². The summed E-state index contributed by atoms with van der Waals surface area (Å²) in [6.07, 6.45) is 5.38. The number of para-hydroxylation sites is 2. The maximum Gasteiger partial charge on any atom is 0.298 e. The van der Waals surface area contributed by atoms with Crippen LogP contribution >= 0.6 is 0 Å². The van der Waals surface area contributed by atoms with Crippen LogP contribution in [0.4, 0.5) is 6.01 Å². The van der Waals surface area contributed by atoms with E-state index in [-0.39, 0.29) is 5.92 Å². The highest BCUT2D eigenvalue weighted by atomic mass is 16.4. The molecule has 0 spiro atoms. The second-order valence-electron chi connectivity index (χ2n) is 6.61. The fourth-order valence-electron chi connectivity index (χ4n) is 3.69. The molecule has 0 unspecified atom stereocenters. The first-order chi connectivity index (χ1) is 11.3. The van der Waals surface area contributed by atoms with E-state index in [0.717, 1.165) is 63.0 Å². The van der Waals surface area contributed by atoms with Crippen LogP contribution in [-0.4, -0.2) is 42.0 Å². The first kappa shape index (κ1) is 14.5. The number of likely N-dealkylation sites (tertiary alicyclic amines) is 1. The van der Waals surface area contributed by atoms with E-state index < -0.39 is 0 Å². The number of hydrogen-bond acceptors (Lipinski definition) is 4. The second-order valence-corrected chi connectivity index (χ2v) is 6.61. The molecule has 5 heteroatoms. The molecule has 2 saturated heterocycles. The third kappa shape index (κ3) is 2.92. The van der Waals surface area contributed by atoms with E-state index >= 15 is 0 Å². The molecular weight excluding hydrogens is 290 g/mol. The van der Waals surface area contributed by atoms with E-state index in [1.807, 2.05) is 24.3 Å². The lowest BCUT2D eigenvalue weighted by Crippen LogP contribution is -2.44. The Kier molecular flexibility index (Phi) is 3.93. The summed E-state index contributed by atoms with van der Waals surface area (Å²) in [6.45, 7) is 3.59. The number of carbonyl (C=O) groups excluding carboxylic acids is 1. The van der Waals surface area contributed by atoms with Crippen LogP contribution in [0.15, 0.2) is 28.7 Å². The van der Waals surface area contributed by atoms with Crippen molar-refractivity contribution in [2.45, 2.75) is 32.1 Å². The van der Waals surface area contributed by atoms with Gasteiger partial charge in [-0.15, -0.1) is 0 Å². The number of aromatic nitrogens is 1. The number of benzene rings is 1. The Morgan fingerprint density at radius 1 is 1.04 bits per heavy atom. The summed E-state index contributed by atoms with van der Waals surface area (Å²) in [5.41, 5.74) is 1.73. The highest BCUT2D eigenvalue weighted by molar-refractivity contribution is 5.79. The molecule has 23 heavy (non-hydrogen) atoms. The third-order valence-corrected chi connectivity index (χ3v) is 5.07. The largest absolute Gasteiger partial charge is 0.423 e. The Morgan fingerprint density at radius 3 is 2.52 bits per heavy atom. The molecule has 0 bridgehead atoms. The van der Waals surface area contributed by atoms with Crippen molar-refractivity contribution >= 4 is 23.0 Å². The number of amides is 1. The number of anilines is 1. The molecule has 0 saturated carbocycles. The predicted octanol–water partition coefficient (Wildman–Crippen LogP) is 3.06. The van der Waals surface area contributed by atoms with Gasteiger partial charge in [-0.2, -0.15) is 4.98 Å². The Labute approximate surface area is 136 Å². The number of rotatable bonds is 2. The van der Waals surface area contributed by atoms with Crippen LogP contribution in [0.3, 0.4) is 0 Å². The van der Waals surface area contributed by atoms with E-state index in [2.05, 4.69) is 14.8 Å². The van der Waals surface area contributed by atoms with Gasteiger partial charge >= 0.3 is 0 Å². The van der Waals surface area contributed by atoms with Gasteiger partial charge in [0.05, 0.1) is 0 Å². The minimum absolute atomic E-state index is 0.175. The van der Waals surface area contributed by atoms with Crippen molar-refractivity contribution in [3.05, 3.63) is 24.3 Å². The van der Waals surface area contributed by atoms with Crippen LogP contribution in [0.25, 0.3) is 11.1 Å². The smallest absolute Gasteiger partial charge is 0.298 e. The lowest BCUT2D eigenvalue weighted by molar-refractivity contribution is -0.137. The maximum absolute atomic E-state index is 12.6. The summed E-state index contributed by atoms with van der Waals surface area (Å²) in [5, 5.41) is 0. The molecule has 2 aromatic rings. The minimum atomic E-state index is 0.175. The van der Waals surface area contributed by atoms with Crippen molar-refractivity contribution < 1.29 is 9.21 Å². The summed E-state index contributed by atoms with van der Waals surface area (Å²) < 4.78 is 5.84. The zero-order chi connectivity index (χ0) is 15.6. The van der Waals surface area contributed by atoms with Crippen molar-refractivity contribution in [1.29, 1.82) is 0 Å². The molecule has 5 nitrogen and oxygen atoms in total. The van der Waals surface area contributed by atoms with Gasteiger partial charge in [-0.3, -0.25) is 4.79 Å². The average Bonchev–Trinajstić information content (AvgIpc) is 3.06. The number of nitrogens with zero attached hydrogens (tertiary/aromatic N) is 3. The molecule has 4 rings (SSSR count). The second kappa shape index (κ2) is 6.22. The van der Waals surface area contributed by atoms with Crippen molar-refractivity contribution in [2.75, 3.05) is 31.1 Å². The molecule has 1 aromatic heterocycles. The number of hydrogen-bond donors (Lipinski definition) is 0. The van der Waals surface area contributed by atoms with Gasteiger partial charge < -0.3 is 14.2 Å². The van der Waals surface area contributed by atoms with Crippen molar-refractivity contribution in [2.24, 2.45) is 5.92 Å². The average molecular weight is 313 g/mol. The van der Waals surface area contributed by atoms with Gasteiger partial charge in [0.15, 0.2) is 5.58 Å². The SMILES string of the molecule is O=C(C1CCN(c2nc3ccccc3o2)CC1)N1CCCCC1.